The second-order valence-corrected chi connectivity index (χ2v) is 11.0. The topological polar surface area (TPSA) is 13.1 Å². The minimum atomic E-state index is -0.596. The Kier molecular flexibility index (Phi) is 4.15. The van der Waals surface area contributed by atoms with E-state index in [1.54, 1.807) is 6.26 Å². The van der Waals surface area contributed by atoms with E-state index in [0.29, 0.717) is 21.9 Å². The first-order valence-corrected chi connectivity index (χ1v) is 14.7. The van der Waals surface area contributed by atoms with E-state index in [4.69, 9.17) is 14.0 Å². The molecule has 0 aliphatic rings. The van der Waals surface area contributed by atoms with Gasteiger partial charge >= 0.3 is 0 Å². The molecule has 0 atom stereocenters. The van der Waals surface area contributed by atoms with Crippen LogP contribution in [0.2, 0.25) is 0 Å². The SMILES string of the molecule is [2H]c1c([2H])c([2H])c(-c2c([2H])c([2H])c([2H])c([2H])c2-c2c3ccccc3c(-c3ccc4ccoc4c3)c3ccc(-c4cccc5ccccc45)cc23)c([2H])c1[2H]. The Bertz CT molecular complexity index is 3020. The number of benzene rings is 8. The molecule has 0 aliphatic heterocycles. The van der Waals surface area contributed by atoms with E-state index in [1.165, 1.54) is 0 Å². The summed E-state index contributed by atoms with van der Waals surface area (Å²) < 4.78 is 85.2. The zero-order chi connectivity index (χ0) is 37.6. The molecule has 1 aromatic heterocycles. The highest BCUT2D eigenvalue weighted by molar-refractivity contribution is 6.23. The quantitative estimate of drug-likeness (QED) is 0.188. The molecule has 0 unspecified atom stereocenters. The average Bonchev–Trinajstić information content (AvgIpc) is 3.68. The van der Waals surface area contributed by atoms with E-state index in [9.17, 15) is 2.74 Å². The molecule has 0 spiro atoms. The van der Waals surface area contributed by atoms with Gasteiger partial charge in [0.2, 0.25) is 0 Å². The fourth-order valence-electron chi connectivity index (χ4n) is 6.58. The molecule has 1 nitrogen and oxygen atoms in total. The summed E-state index contributed by atoms with van der Waals surface area (Å²) >= 11 is 0. The van der Waals surface area contributed by atoms with Crippen molar-refractivity contribution >= 4 is 43.3 Å². The molecule has 0 N–H and O–H groups in total. The van der Waals surface area contributed by atoms with Crippen molar-refractivity contribution in [2.45, 2.75) is 0 Å². The first kappa shape index (κ1) is 18.0. The van der Waals surface area contributed by atoms with E-state index >= 15 is 0 Å². The van der Waals surface area contributed by atoms with Gasteiger partial charge in [0.1, 0.15) is 5.58 Å². The van der Waals surface area contributed by atoms with E-state index in [2.05, 4.69) is 18.2 Å². The van der Waals surface area contributed by atoms with Gasteiger partial charge in [-0.3, -0.25) is 0 Å². The van der Waals surface area contributed by atoms with Crippen molar-refractivity contribution in [3.63, 3.8) is 0 Å². The van der Waals surface area contributed by atoms with Gasteiger partial charge in [0.15, 0.2) is 0 Å². The Hall–Kier alpha value is -5.92. The first-order chi connectivity index (χ1) is 26.1. The molecular weight excluding hydrogens is 544 g/mol. The van der Waals surface area contributed by atoms with Crippen LogP contribution in [-0.2, 0) is 0 Å². The van der Waals surface area contributed by atoms with Gasteiger partial charge in [-0.15, -0.1) is 0 Å². The summed E-state index contributed by atoms with van der Waals surface area (Å²) in [4.78, 5) is 0. The third-order valence-electron chi connectivity index (χ3n) is 8.56. The van der Waals surface area contributed by atoms with Gasteiger partial charge in [0.05, 0.1) is 18.6 Å². The first-order valence-electron chi connectivity index (χ1n) is 19.2. The number of fused-ring (bicyclic) bond motifs is 4. The molecule has 8 aromatic carbocycles. The van der Waals surface area contributed by atoms with Crippen LogP contribution in [0, 0.1) is 0 Å². The van der Waals surface area contributed by atoms with Crippen molar-refractivity contribution in [1.82, 2.24) is 0 Å². The largest absolute Gasteiger partial charge is 0.464 e. The smallest absolute Gasteiger partial charge is 0.134 e. The summed E-state index contributed by atoms with van der Waals surface area (Å²) in [7, 11) is 0. The van der Waals surface area contributed by atoms with Gasteiger partial charge in [-0.1, -0.05) is 145 Å². The zero-order valence-corrected chi connectivity index (χ0v) is 23.9. The van der Waals surface area contributed by atoms with Crippen molar-refractivity contribution in [2.75, 3.05) is 0 Å². The normalized spacial score (nSPS) is 14.4. The van der Waals surface area contributed by atoms with Gasteiger partial charge < -0.3 is 4.42 Å². The minimum absolute atomic E-state index is 0.0452. The van der Waals surface area contributed by atoms with Crippen LogP contribution in [0.15, 0.2) is 174 Å². The maximum absolute atomic E-state index is 9.46. The standard InChI is InChI=1S/C44H28O/c1-2-11-29(12-3-1)35-16-6-7-17-37(35)44-39-19-9-8-18-38(39)43(33-22-21-31-25-26-45-42(31)28-33)40-24-23-32(27-41(40)44)36-20-10-14-30-13-4-5-15-34(30)36/h1-28H/i1D,2D,3D,6D,7D,11D,12D,16D,17D. The molecule has 45 heavy (non-hydrogen) atoms. The molecular formula is C44H28O. The molecule has 1 heterocycles. The predicted octanol–water partition coefficient (Wildman–Crippen LogP) is 12.6. The van der Waals surface area contributed by atoms with Crippen LogP contribution in [0.4, 0.5) is 0 Å². The second kappa shape index (κ2) is 10.4. The van der Waals surface area contributed by atoms with Crippen molar-refractivity contribution in [3.8, 4) is 44.5 Å². The van der Waals surface area contributed by atoms with E-state index in [0.717, 1.165) is 49.2 Å². The van der Waals surface area contributed by atoms with Crippen molar-refractivity contribution < 1.29 is 16.8 Å². The van der Waals surface area contributed by atoms with Gasteiger partial charge in [-0.25, -0.2) is 0 Å². The van der Waals surface area contributed by atoms with Crippen molar-refractivity contribution in [2.24, 2.45) is 0 Å². The summed E-state index contributed by atoms with van der Waals surface area (Å²) in [6.07, 6.45) is 1.65. The van der Waals surface area contributed by atoms with Gasteiger partial charge in [0, 0.05) is 5.39 Å². The fraction of sp³-hybridized carbons (Fsp3) is 0. The third kappa shape index (κ3) is 4.17. The molecule has 1 heteroatoms. The zero-order valence-electron chi connectivity index (χ0n) is 32.9. The summed E-state index contributed by atoms with van der Waals surface area (Å²) in [5.41, 5.74) is 4.36. The lowest BCUT2D eigenvalue weighted by molar-refractivity contribution is 0.616. The van der Waals surface area contributed by atoms with Crippen LogP contribution in [-0.4, -0.2) is 0 Å². The lowest BCUT2D eigenvalue weighted by Gasteiger charge is -2.20. The third-order valence-corrected chi connectivity index (χ3v) is 8.56. The Labute approximate surface area is 274 Å². The maximum atomic E-state index is 9.46. The van der Waals surface area contributed by atoms with Crippen molar-refractivity contribution in [3.05, 3.63) is 170 Å². The predicted molar refractivity (Wildman–Crippen MR) is 190 cm³/mol. The van der Waals surface area contributed by atoms with E-state index in [1.807, 2.05) is 91.0 Å². The highest BCUT2D eigenvalue weighted by atomic mass is 16.3. The summed E-state index contributed by atoms with van der Waals surface area (Å²) in [6, 6.07) is 31.0. The Balaban J connectivity index is 1.51. The number of rotatable bonds is 4. The van der Waals surface area contributed by atoms with Crippen LogP contribution >= 0.6 is 0 Å². The van der Waals surface area contributed by atoms with E-state index in [-0.39, 0.29) is 22.7 Å². The van der Waals surface area contributed by atoms with Crippen molar-refractivity contribution in [1.29, 1.82) is 0 Å². The molecule has 0 bridgehead atoms. The summed E-state index contributed by atoms with van der Waals surface area (Å²) in [6.45, 7) is 0. The van der Waals surface area contributed by atoms with E-state index < -0.39 is 48.3 Å². The fourth-order valence-corrected chi connectivity index (χ4v) is 6.58. The van der Waals surface area contributed by atoms with Gasteiger partial charge in [0.25, 0.3) is 0 Å². The summed E-state index contributed by atoms with van der Waals surface area (Å²) in [5, 5.41) is 5.95. The number of furan rings is 1. The van der Waals surface area contributed by atoms with Crippen LogP contribution in [0.25, 0.3) is 87.8 Å². The van der Waals surface area contributed by atoms with Gasteiger partial charge in [-0.2, -0.15) is 0 Å². The lowest BCUT2D eigenvalue weighted by atomic mass is 9.82. The molecule has 210 valence electrons. The Morgan fingerprint density at radius 3 is 1.96 bits per heavy atom. The monoisotopic (exact) mass is 581 g/mol. The maximum Gasteiger partial charge on any atom is 0.134 e. The molecule has 9 aromatic rings. The lowest BCUT2D eigenvalue weighted by Crippen LogP contribution is -1.93. The molecule has 0 saturated carbocycles. The average molecular weight is 582 g/mol. The molecule has 0 amide bonds. The minimum Gasteiger partial charge on any atom is -0.464 e. The summed E-state index contributed by atoms with van der Waals surface area (Å²) in [5.74, 6) is 0. The van der Waals surface area contributed by atoms with Crippen LogP contribution in [0.3, 0.4) is 0 Å². The molecule has 0 fully saturated rings. The van der Waals surface area contributed by atoms with Crippen LogP contribution in [0.1, 0.15) is 12.3 Å². The number of hydrogen-bond donors (Lipinski definition) is 0. The molecule has 9 rings (SSSR count). The molecule has 0 saturated heterocycles. The van der Waals surface area contributed by atoms with Crippen LogP contribution in [0.5, 0.6) is 0 Å². The van der Waals surface area contributed by atoms with Gasteiger partial charge in [-0.05, 0) is 95.0 Å². The highest BCUT2D eigenvalue weighted by Gasteiger charge is 2.20. The highest BCUT2D eigenvalue weighted by Crippen LogP contribution is 2.47. The Morgan fingerprint density at radius 2 is 1.09 bits per heavy atom. The molecule has 0 aliphatic carbocycles. The van der Waals surface area contributed by atoms with Crippen LogP contribution < -0.4 is 0 Å². The number of hydrogen-bond acceptors (Lipinski definition) is 1. The molecule has 0 radical (unpaired) electrons. The second-order valence-electron chi connectivity index (χ2n) is 11.0. The Morgan fingerprint density at radius 1 is 0.400 bits per heavy atom.